The number of likely N-dealkylation sites (tertiary alicyclic amines) is 1. The summed E-state index contributed by atoms with van der Waals surface area (Å²) in [6, 6.07) is 15.6. The summed E-state index contributed by atoms with van der Waals surface area (Å²) >= 11 is 0. The molecule has 6 heteroatoms. The van der Waals surface area contributed by atoms with Gasteiger partial charge in [-0.25, -0.2) is 4.39 Å². The van der Waals surface area contributed by atoms with Crippen LogP contribution in [0.15, 0.2) is 71.4 Å². The van der Waals surface area contributed by atoms with Crippen molar-refractivity contribution in [1.29, 1.82) is 0 Å². The number of anilines is 1. The molecular weight excluding hydrogens is 405 g/mol. The normalized spacial score (nSPS) is 21.0. The maximum Gasteiger partial charge on any atom is 0.257 e. The van der Waals surface area contributed by atoms with Crippen molar-refractivity contribution in [3.05, 3.63) is 77.6 Å². The third-order valence-corrected chi connectivity index (χ3v) is 5.97. The van der Waals surface area contributed by atoms with Crippen LogP contribution in [-0.2, 0) is 9.63 Å². The van der Waals surface area contributed by atoms with E-state index in [1.807, 2.05) is 37.3 Å². The predicted octanol–water partition coefficient (Wildman–Crippen LogP) is 5.11. The second-order valence-electron chi connectivity index (χ2n) is 8.39. The van der Waals surface area contributed by atoms with Crippen molar-refractivity contribution in [3.63, 3.8) is 0 Å². The van der Waals surface area contributed by atoms with Gasteiger partial charge in [0, 0.05) is 17.8 Å². The zero-order valence-corrected chi connectivity index (χ0v) is 18.5. The van der Waals surface area contributed by atoms with Gasteiger partial charge < -0.3 is 9.74 Å². The number of nitrogens with zero attached hydrogens (tertiary/aromatic N) is 3. The number of oxime groups is 1. The SMILES string of the molecule is CC(/C=C1/C(=O)N(c2ccc(F)cc2)C1c1ccccc1)=N\OCCCN1CCCCC1. The Hall–Kier alpha value is -2.99. The molecule has 2 fully saturated rings. The van der Waals surface area contributed by atoms with E-state index >= 15 is 0 Å². The van der Waals surface area contributed by atoms with E-state index in [9.17, 15) is 9.18 Å². The molecule has 0 spiro atoms. The van der Waals surface area contributed by atoms with Crippen LogP contribution in [0.25, 0.3) is 0 Å². The highest BCUT2D eigenvalue weighted by Crippen LogP contribution is 2.43. The maximum absolute atomic E-state index is 13.4. The zero-order chi connectivity index (χ0) is 22.3. The van der Waals surface area contributed by atoms with Crippen LogP contribution < -0.4 is 4.90 Å². The van der Waals surface area contributed by atoms with Crippen LogP contribution in [0.1, 0.15) is 44.2 Å². The molecule has 168 valence electrons. The number of halogens is 1. The molecule has 0 aliphatic carbocycles. The fraction of sp³-hybridized carbons (Fsp3) is 0.385. The Kier molecular flexibility index (Phi) is 7.32. The number of benzene rings is 2. The molecular formula is C26H30FN3O2. The summed E-state index contributed by atoms with van der Waals surface area (Å²) in [5.41, 5.74) is 2.98. The standard InChI is InChI=1S/C26H30FN3O2/c1-20(28-32-18-8-17-29-15-6-3-7-16-29)19-24-25(21-9-4-2-5-10-21)30(26(24)31)23-13-11-22(27)12-14-23/h2,4-5,9-14,19,25H,3,6-8,15-18H2,1H3/b24-19+,28-20+. The van der Waals surface area contributed by atoms with E-state index in [0.717, 1.165) is 18.5 Å². The molecule has 2 saturated heterocycles. The summed E-state index contributed by atoms with van der Waals surface area (Å²) in [6.45, 7) is 5.81. The Labute approximate surface area is 189 Å². The number of rotatable bonds is 8. The van der Waals surface area contributed by atoms with Crippen LogP contribution in [0.3, 0.4) is 0 Å². The monoisotopic (exact) mass is 435 g/mol. The molecule has 2 aromatic carbocycles. The van der Waals surface area contributed by atoms with Crippen molar-refractivity contribution >= 4 is 17.3 Å². The second kappa shape index (κ2) is 10.6. The summed E-state index contributed by atoms with van der Waals surface area (Å²) in [5, 5.41) is 4.20. The summed E-state index contributed by atoms with van der Waals surface area (Å²) in [6.07, 6.45) is 6.66. The lowest BCUT2D eigenvalue weighted by Crippen LogP contribution is -2.49. The highest BCUT2D eigenvalue weighted by atomic mass is 19.1. The molecule has 2 aliphatic heterocycles. The quantitative estimate of drug-likeness (QED) is 0.190. The Balaban J connectivity index is 1.41. The van der Waals surface area contributed by atoms with Crippen molar-refractivity contribution in [3.8, 4) is 0 Å². The average molecular weight is 436 g/mol. The van der Waals surface area contributed by atoms with E-state index in [1.165, 1.54) is 44.5 Å². The molecule has 0 aromatic heterocycles. The Morgan fingerprint density at radius 1 is 1.09 bits per heavy atom. The van der Waals surface area contributed by atoms with E-state index in [0.29, 0.717) is 23.6 Å². The zero-order valence-electron chi connectivity index (χ0n) is 18.5. The first-order chi connectivity index (χ1) is 15.6. The molecule has 0 N–H and O–H groups in total. The van der Waals surface area contributed by atoms with Crippen molar-refractivity contribution in [2.75, 3.05) is 31.1 Å². The van der Waals surface area contributed by atoms with Gasteiger partial charge in [0.25, 0.3) is 5.91 Å². The lowest BCUT2D eigenvalue weighted by atomic mass is 9.86. The van der Waals surface area contributed by atoms with Gasteiger partial charge in [0.15, 0.2) is 0 Å². The van der Waals surface area contributed by atoms with Gasteiger partial charge in [-0.05, 0) is 75.2 Å². The molecule has 0 bridgehead atoms. The first-order valence-electron chi connectivity index (χ1n) is 11.4. The van der Waals surface area contributed by atoms with E-state index in [1.54, 1.807) is 23.1 Å². The minimum Gasteiger partial charge on any atom is -0.396 e. The van der Waals surface area contributed by atoms with E-state index in [-0.39, 0.29) is 17.8 Å². The summed E-state index contributed by atoms with van der Waals surface area (Å²) in [4.78, 5) is 22.7. The molecule has 32 heavy (non-hydrogen) atoms. The molecule has 1 atom stereocenters. The number of carbonyl (C=O) groups is 1. The number of carbonyl (C=O) groups excluding carboxylic acids is 1. The number of hydrogen-bond donors (Lipinski definition) is 0. The molecule has 2 aliphatic rings. The van der Waals surface area contributed by atoms with E-state index < -0.39 is 0 Å². The van der Waals surface area contributed by atoms with Crippen LogP contribution in [0.2, 0.25) is 0 Å². The number of amides is 1. The number of allylic oxidation sites excluding steroid dienone is 1. The van der Waals surface area contributed by atoms with Crippen LogP contribution in [0, 0.1) is 5.82 Å². The third kappa shape index (κ3) is 5.25. The number of piperidine rings is 1. The minimum atomic E-state index is -0.325. The largest absolute Gasteiger partial charge is 0.396 e. The summed E-state index contributed by atoms with van der Waals surface area (Å²) < 4.78 is 13.4. The molecule has 0 saturated carbocycles. The van der Waals surface area contributed by atoms with Crippen molar-refractivity contribution in [2.24, 2.45) is 5.16 Å². The summed E-state index contributed by atoms with van der Waals surface area (Å²) in [5.74, 6) is -0.431. The smallest absolute Gasteiger partial charge is 0.257 e. The van der Waals surface area contributed by atoms with Gasteiger partial charge in [-0.3, -0.25) is 9.69 Å². The maximum atomic E-state index is 13.4. The Morgan fingerprint density at radius 2 is 1.81 bits per heavy atom. The number of β-lactam (4-membered cyclic amide) rings is 1. The van der Waals surface area contributed by atoms with Gasteiger partial charge in [0.05, 0.1) is 11.8 Å². The minimum absolute atomic E-state index is 0.106. The van der Waals surface area contributed by atoms with Gasteiger partial charge in [0.1, 0.15) is 12.4 Å². The van der Waals surface area contributed by atoms with Gasteiger partial charge in [-0.15, -0.1) is 0 Å². The first-order valence-corrected chi connectivity index (χ1v) is 11.4. The van der Waals surface area contributed by atoms with Gasteiger partial charge in [-0.2, -0.15) is 0 Å². The van der Waals surface area contributed by atoms with Crippen molar-refractivity contribution in [1.82, 2.24) is 4.90 Å². The molecule has 4 rings (SSSR count). The van der Waals surface area contributed by atoms with Crippen LogP contribution >= 0.6 is 0 Å². The Morgan fingerprint density at radius 3 is 2.53 bits per heavy atom. The van der Waals surface area contributed by atoms with Crippen molar-refractivity contribution < 1.29 is 14.0 Å². The topological polar surface area (TPSA) is 45.1 Å². The first kappa shape index (κ1) is 22.2. The van der Waals surface area contributed by atoms with Crippen LogP contribution in [0.5, 0.6) is 0 Å². The summed E-state index contributed by atoms with van der Waals surface area (Å²) in [7, 11) is 0. The van der Waals surface area contributed by atoms with E-state index in [2.05, 4.69) is 10.1 Å². The molecule has 2 aromatic rings. The highest BCUT2D eigenvalue weighted by Gasteiger charge is 2.43. The molecule has 5 nitrogen and oxygen atoms in total. The number of hydrogen-bond acceptors (Lipinski definition) is 4. The Bertz CT molecular complexity index is 966. The fourth-order valence-corrected chi connectivity index (χ4v) is 4.35. The predicted molar refractivity (Wildman–Crippen MR) is 125 cm³/mol. The van der Waals surface area contributed by atoms with Gasteiger partial charge >= 0.3 is 0 Å². The molecule has 1 unspecified atom stereocenters. The fourth-order valence-electron chi connectivity index (χ4n) is 4.35. The third-order valence-electron chi connectivity index (χ3n) is 5.97. The molecule has 2 heterocycles. The van der Waals surface area contributed by atoms with E-state index in [4.69, 9.17) is 4.84 Å². The average Bonchev–Trinajstić information content (AvgIpc) is 2.83. The van der Waals surface area contributed by atoms with Gasteiger partial charge in [-0.1, -0.05) is 41.9 Å². The lowest BCUT2D eigenvalue weighted by molar-refractivity contribution is -0.119. The highest BCUT2D eigenvalue weighted by molar-refractivity contribution is 6.18. The second-order valence-corrected chi connectivity index (χ2v) is 8.39. The van der Waals surface area contributed by atoms with Crippen LogP contribution in [-0.4, -0.2) is 42.8 Å². The van der Waals surface area contributed by atoms with Gasteiger partial charge in [0.2, 0.25) is 0 Å². The molecule has 0 radical (unpaired) electrons. The van der Waals surface area contributed by atoms with Crippen molar-refractivity contribution in [2.45, 2.75) is 38.6 Å². The molecule has 1 amide bonds. The van der Waals surface area contributed by atoms with Crippen LogP contribution in [0.4, 0.5) is 10.1 Å². The lowest BCUT2D eigenvalue weighted by Gasteiger charge is -2.43.